The Hall–Kier alpha value is -6.85. The van der Waals surface area contributed by atoms with Crippen molar-refractivity contribution in [3.05, 3.63) is 255 Å². The van der Waals surface area contributed by atoms with Crippen molar-refractivity contribution >= 4 is 79.2 Å². The van der Waals surface area contributed by atoms with Crippen LogP contribution in [0.4, 0.5) is 0 Å². The summed E-state index contributed by atoms with van der Waals surface area (Å²) in [6, 6.07) is 96.4. The van der Waals surface area contributed by atoms with Crippen LogP contribution < -0.4 is 41.5 Å². The number of rotatable bonds is 9. The van der Waals surface area contributed by atoms with Gasteiger partial charge in [-0.1, -0.05) is 255 Å². The molecule has 10 rings (SSSR count). The Labute approximate surface area is 343 Å². The molecule has 0 saturated heterocycles. The third kappa shape index (κ3) is 5.72. The predicted molar refractivity (Wildman–Crippen MR) is 254 cm³/mol. The van der Waals surface area contributed by atoms with Gasteiger partial charge in [-0.3, -0.25) is 0 Å². The van der Waals surface area contributed by atoms with E-state index in [1.54, 1.807) is 0 Å². The summed E-state index contributed by atoms with van der Waals surface area (Å²) in [7, 11) is -6.42. The van der Waals surface area contributed by atoms with Crippen LogP contribution in [0, 0.1) is 0 Å². The number of hydrogen-bond acceptors (Lipinski definition) is 0. The molecule has 0 unspecified atom stereocenters. The van der Waals surface area contributed by atoms with Gasteiger partial charge in [0.25, 0.3) is 0 Å². The zero-order valence-corrected chi connectivity index (χ0v) is 34.2. The van der Waals surface area contributed by atoms with Crippen LogP contribution in [0.15, 0.2) is 255 Å². The van der Waals surface area contributed by atoms with Crippen molar-refractivity contribution in [3.8, 4) is 11.1 Å². The monoisotopic (exact) mass is 770 g/mol. The van der Waals surface area contributed by atoms with E-state index in [2.05, 4.69) is 255 Å². The summed E-state index contributed by atoms with van der Waals surface area (Å²) in [6.45, 7) is 0. The Morgan fingerprint density at radius 3 is 1.00 bits per heavy atom. The molecule has 0 aliphatic rings. The molecular formula is C56H42Si2. The average Bonchev–Trinajstić information content (AvgIpc) is 3.31. The molecule has 0 N–H and O–H groups in total. The topological polar surface area (TPSA) is 0 Å². The molecule has 0 nitrogen and oxygen atoms in total. The first-order chi connectivity index (χ1) is 28.8. The maximum atomic E-state index is 2.62. The maximum absolute atomic E-state index is 3.25. The zero-order chi connectivity index (χ0) is 38.8. The Bertz CT molecular complexity index is 2770. The molecule has 0 aliphatic carbocycles. The van der Waals surface area contributed by atoms with Gasteiger partial charge in [0, 0.05) is 0 Å². The lowest BCUT2D eigenvalue weighted by Gasteiger charge is -2.43. The number of hydrogen-bond donors (Lipinski definition) is 0. The van der Waals surface area contributed by atoms with Crippen LogP contribution in [0.3, 0.4) is 0 Å². The minimum atomic E-state index is -3.25. The van der Waals surface area contributed by atoms with Crippen molar-refractivity contribution in [3.63, 3.8) is 0 Å². The molecule has 0 fully saturated rings. The smallest absolute Gasteiger partial charge is 0.0623 e. The van der Waals surface area contributed by atoms with E-state index in [1.807, 2.05) is 0 Å². The van der Waals surface area contributed by atoms with E-state index in [9.17, 15) is 0 Å². The van der Waals surface area contributed by atoms with E-state index in [0.29, 0.717) is 0 Å². The number of fused-ring (bicyclic) bond motifs is 2. The summed E-state index contributed by atoms with van der Waals surface area (Å²) >= 11 is 0. The highest BCUT2D eigenvalue weighted by Gasteiger charge is 2.51. The molecule has 0 spiro atoms. The third-order valence-electron chi connectivity index (χ3n) is 12.1. The standard InChI is InChI=1S/C56H42Si2/c1-7-27-45(28-8-1)57(46-29-9-2-10-30-46,47-31-11-3-12-32-47)54-42-44-25-20-22-40-52(44)55(53-41-23-26-43-24-19-21-39-51(43)53)56(54)58(48-33-13-4-14-34-48,49-35-15-5-16-36-49)50-37-17-6-18-38-50/h1-42H. The predicted octanol–water partition coefficient (Wildman–Crippen LogP) is 8.41. The first-order valence-electron chi connectivity index (χ1n) is 20.2. The SMILES string of the molecule is c1ccc([Si](c2ccccc2)(c2ccccc2)c2cc3ccccc3c(-c3cccc4ccccc34)c2[Si](c2ccccc2)(c2ccccc2)c2ccccc2)cc1. The van der Waals surface area contributed by atoms with E-state index >= 15 is 0 Å². The van der Waals surface area contributed by atoms with E-state index in [4.69, 9.17) is 0 Å². The van der Waals surface area contributed by atoms with Crippen LogP contribution in [0.2, 0.25) is 0 Å². The molecule has 10 aromatic carbocycles. The average molecular weight is 771 g/mol. The van der Waals surface area contributed by atoms with Gasteiger partial charge >= 0.3 is 0 Å². The van der Waals surface area contributed by atoms with Crippen LogP contribution >= 0.6 is 0 Å². The Balaban J connectivity index is 1.57. The van der Waals surface area contributed by atoms with Crippen molar-refractivity contribution in [2.75, 3.05) is 0 Å². The molecule has 2 heteroatoms. The van der Waals surface area contributed by atoms with Gasteiger partial charge < -0.3 is 0 Å². The highest BCUT2D eigenvalue weighted by atomic mass is 28.3. The van der Waals surface area contributed by atoms with E-state index < -0.39 is 16.1 Å². The van der Waals surface area contributed by atoms with E-state index in [1.165, 1.54) is 74.2 Å². The van der Waals surface area contributed by atoms with E-state index in [0.717, 1.165) is 0 Å². The van der Waals surface area contributed by atoms with Crippen molar-refractivity contribution in [1.29, 1.82) is 0 Å². The molecule has 0 saturated carbocycles. The molecule has 10 aromatic rings. The summed E-state index contributed by atoms with van der Waals surface area (Å²) < 4.78 is 0. The minimum absolute atomic E-state index is 1.24. The largest absolute Gasteiger partial charge is 0.180 e. The lowest BCUT2D eigenvalue weighted by molar-refractivity contribution is 1.65. The van der Waals surface area contributed by atoms with Crippen molar-refractivity contribution in [1.82, 2.24) is 0 Å². The van der Waals surface area contributed by atoms with Crippen LogP contribution in [0.1, 0.15) is 0 Å². The molecule has 0 aromatic heterocycles. The van der Waals surface area contributed by atoms with Crippen LogP contribution in [-0.2, 0) is 0 Å². The zero-order valence-electron chi connectivity index (χ0n) is 32.2. The summed E-state index contributed by atoms with van der Waals surface area (Å²) in [5.74, 6) is 0. The molecule has 0 atom stereocenters. The fourth-order valence-electron chi connectivity index (χ4n) is 9.78. The summed E-state index contributed by atoms with van der Waals surface area (Å²) in [6.07, 6.45) is 0. The molecule has 0 bridgehead atoms. The Morgan fingerprint density at radius 1 is 0.241 bits per heavy atom. The second-order valence-electron chi connectivity index (χ2n) is 15.1. The molecule has 0 amide bonds. The highest BCUT2D eigenvalue weighted by molar-refractivity contribution is 7.27. The van der Waals surface area contributed by atoms with Gasteiger partial charge in [-0.05, 0) is 74.2 Å². The first-order valence-corrected chi connectivity index (χ1v) is 24.2. The highest BCUT2D eigenvalue weighted by Crippen LogP contribution is 2.35. The third-order valence-corrected chi connectivity index (χ3v) is 22.0. The minimum Gasteiger partial charge on any atom is -0.0623 e. The summed E-state index contributed by atoms with van der Waals surface area (Å²) in [5, 5.41) is 16.1. The molecule has 58 heavy (non-hydrogen) atoms. The normalized spacial score (nSPS) is 11.8. The van der Waals surface area contributed by atoms with Gasteiger partial charge in [-0.25, -0.2) is 0 Å². The summed E-state index contributed by atoms with van der Waals surface area (Å²) in [4.78, 5) is 0. The summed E-state index contributed by atoms with van der Waals surface area (Å²) in [5.41, 5.74) is 2.59. The van der Waals surface area contributed by atoms with Crippen molar-refractivity contribution in [2.45, 2.75) is 0 Å². The van der Waals surface area contributed by atoms with Gasteiger partial charge in [0.1, 0.15) is 0 Å². The van der Waals surface area contributed by atoms with Gasteiger partial charge in [0.05, 0.1) is 0 Å². The second-order valence-corrected chi connectivity index (χ2v) is 22.6. The van der Waals surface area contributed by atoms with Gasteiger partial charge in [-0.15, -0.1) is 0 Å². The second kappa shape index (κ2) is 15.2. The van der Waals surface area contributed by atoms with Crippen molar-refractivity contribution in [2.24, 2.45) is 0 Å². The molecule has 0 radical (unpaired) electrons. The van der Waals surface area contributed by atoms with Crippen LogP contribution in [-0.4, -0.2) is 16.1 Å². The first kappa shape index (κ1) is 35.6. The molecule has 274 valence electrons. The van der Waals surface area contributed by atoms with Gasteiger partial charge in [0.2, 0.25) is 0 Å². The van der Waals surface area contributed by atoms with Crippen LogP contribution in [0.25, 0.3) is 32.7 Å². The Morgan fingerprint density at radius 2 is 0.569 bits per heavy atom. The fraction of sp³-hybridized carbons (Fsp3) is 0. The quantitative estimate of drug-likeness (QED) is 0.102. The van der Waals surface area contributed by atoms with Crippen molar-refractivity contribution < 1.29 is 0 Å². The molecular weight excluding hydrogens is 729 g/mol. The lowest BCUT2D eigenvalue weighted by atomic mass is 9.94. The Kier molecular flexibility index (Phi) is 9.35. The number of benzene rings is 10. The lowest BCUT2D eigenvalue weighted by Crippen LogP contribution is -2.85. The van der Waals surface area contributed by atoms with Gasteiger partial charge in [0.15, 0.2) is 16.1 Å². The maximum Gasteiger partial charge on any atom is 0.180 e. The van der Waals surface area contributed by atoms with Crippen LogP contribution in [0.5, 0.6) is 0 Å². The van der Waals surface area contributed by atoms with Gasteiger partial charge in [-0.2, -0.15) is 0 Å². The molecule has 0 aliphatic heterocycles. The fourth-order valence-corrected chi connectivity index (χ4v) is 20.9. The van der Waals surface area contributed by atoms with E-state index in [-0.39, 0.29) is 0 Å². The molecule has 0 heterocycles.